The zero-order valence-corrected chi connectivity index (χ0v) is 11.3. The number of nitrogens with zero attached hydrogens (tertiary/aromatic N) is 3. The first kappa shape index (κ1) is 15.0. The SMILES string of the molecule is CCOC(=O)c1cnn(-c2ccc(C)cn2)c1C(F)(F)F. The molecule has 0 saturated heterocycles. The first-order chi connectivity index (χ1) is 9.84. The van der Waals surface area contributed by atoms with Crippen LogP contribution in [0.5, 0.6) is 0 Å². The van der Waals surface area contributed by atoms with Crippen LogP contribution in [0.1, 0.15) is 28.5 Å². The number of alkyl halides is 3. The summed E-state index contributed by atoms with van der Waals surface area (Å²) in [5.74, 6) is -1.09. The maximum Gasteiger partial charge on any atom is 0.434 e. The van der Waals surface area contributed by atoms with Gasteiger partial charge in [-0.25, -0.2) is 14.5 Å². The minimum absolute atomic E-state index is 0.0237. The molecule has 0 N–H and O–H groups in total. The van der Waals surface area contributed by atoms with Crippen molar-refractivity contribution < 1.29 is 22.7 Å². The Hall–Kier alpha value is -2.38. The van der Waals surface area contributed by atoms with Crippen molar-refractivity contribution in [2.24, 2.45) is 0 Å². The zero-order chi connectivity index (χ0) is 15.6. The van der Waals surface area contributed by atoms with Crippen LogP contribution < -0.4 is 0 Å². The second-order valence-corrected chi connectivity index (χ2v) is 4.23. The van der Waals surface area contributed by atoms with Crippen LogP contribution in [0.4, 0.5) is 13.2 Å². The maximum atomic E-state index is 13.2. The second kappa shape index (κ2) is 5.55. The molecule has 0 amide bonds. The van der Waals surface area contributed by atoms with Crippen molar-refractivity contribution >= 4 is 5.97 Å². The van der Waals surface area contributed by atoms with Crippen LogP contribution in [0, 0.1) is 6.92 Å². The highest BCUT2D eigenvalue weighted by Crippen LogP contribution is 2.33. The zero-order valence-electron chi connectivity index (χ0n) is 11.3. The third-order valence-electron chi connectivity index (χ3n) is 2.65. The van der Waals surface area contributed by atoms with Gasteiger partial charge in [-0.15, -0.1) is 0 Å². The van der Waals surface area contributed by atoms with Crippen LogP contribution in [0.3, 0.4) is 0 Å². The van der Waals surface area contributed by atoms with E-state index in [1.807, 2.05) is 0 Å². The summed E-state index contributed by atoms with van der Waals surface area (Å²) >= 11 is 0. The quantitative estimate of drug-likeness (QED) is 0.818. The maximum absolute atomic E-state index is 13.2. The smallest absolute Gasteiger partial charge is 0.434 e. The average Bonchev–Trinajstić information content (AvgIpc) is 2.84. The molecule has 8 heteroatoms. The minimum Gasteiger partial charge on any atom is -0.462 e. The van der Waals surface area contributed by atoms with Gasteiger partial charge in [0.05, 0.1) is 12.8 Å². The number of carbonyl (C=O) groups excluding carboxylic acids is 1. The van der Waals surface area contributed by atoms with E-state index in [9.17, 15) is 18.0 Å². The van der Waals surface area contributed by atoms with Crippen molar-refractivity contribution in [1.82, 2.24) is 14.8 Å². The Labute approximate surface area is 118 Å². The first-order valence-electron chi connectivity index (χ1n) is 6.10. The molecule has 0 aliphatic heterocycles. The predicted octanol–water partition coefficient (Wildman–Crippen LogP) is 2.77. The van der Waals surface area contributed by atoms with E-state index in [0.717, 1.165) is 11.8 Å². The van der Waals surface area contributed by atoms with Crippen LogP contribution >= 0.6 is 0 Å². The number of halogens is 3. The van der Waals surface area contributed by atoms with Gasteiger partial charge in [0, 0.05) is 6.20 Å². The molecule has 0 radical (unpaired) electrons. The van der Waals surface area contributed by atoms with Gasteiger partial charge in [0.2, 0.25) is 0 Å². The summed E-state index contributed by atoms with van der Waals surface area (Å²) in [5.41, 5.74) is -1.03. The van der Waals surface area contributed by atoms with Crippen LogP contribution in [-0.2, 0) is 10.9 Å². The molecule has 0 fully saturated rings. The molecular formula is C13H12F3N3O2. The van der Waals surface area contributed by atoms with E-state index in [4.69, 9.17) is 0 Å². The third kappa shape index (κ3) is 3.04. The van der Waals surface area contributed by atoms with E-state index < -0.39 is 23.4 Å². The summed E-state index contributed by atoms with van der Waals surface area (Å²) in [4.78, 5) is 15.5. The van der Waals surface area contributed by atoms with E-state index in [1.54, 1.807) is 13.0 Å². The number of pyridine rings is 1. The van der Waals surface area contributed by atoms with Crippen molar-refractivity contribution in [3.8, 4) is 5.82 Å². The predicted molar refractivity (Wildman–Crippen MR) is 67.1 cm³/mol. The number of hydrogen-bond donors (Lipinski definition) is 0. The molecule has 0 atom stereocenters. The summed E-state index contributed by atoms with van der Waals surface area (Å²) < 4.78 is 44.8. The van der Waals surface area contributed by atoms with Crippen molar-refractivity contribution in [3.63, 3.8) is 0 Å². The fraction of sp³-hybridized carbons (Fsp3) is 0.308. The van der Waals surface area contributed by atoms with Crippen molar-refractivity contribution in [2.45, 2.75) is 20.0 Å². The lowest BCUT2D eigenvalue weighted by Gasteiger charge is -2.11. The molecule has 0 spiro atoms. The highest BCUT2D eigenvalue weighted by atomic mass is 19.4. The Kier molecular flexibility index (Phi) is 3.97. The Morgan fingerprint density at radius 1 is 1.33 bits per heavy atom. The lowest BCUT2D eigenvalue weighted by molar-refractivity contribution is -0.143. The van der Waals surface area contributed by atoms with Gasteiger partial charge in [0.15, 0.2) is 11.5 Å². The molecular weight excluding hydrogens is 287 g/mol. The highest BCUT2D eigenvalue weighted by molar-refractivity contribution is 5.90. The van der Waals surface area contributed by atoms with E-state index in [0.29, 0.717) is 4.68 Å². The minimum atomic E-state index is -4.76. The van der Waals surface area contributed by atoms with Gasteiger partial charge in [-0.1, -0.05) is 6.07 Å². The fourth-order valence-electron chi connectivity index (χ4n) is 1.74. The van der Waals surface area contributed by atoms with Crippen LogP contribution in [0.25, 0.3) is 5.82 Å². The van der Waals surface area contributed by atoms with Gasteiger partial charge in [-0.3, -0.25) is 0 Å². The third-order valence-corrected chi connectivity index (χ3v) is 2.65. The van der Waals surface area contributed by atoms with Gasteiger partial charge in [0.1, 0.15) is 5.56 Å². The van der Waals surface area contributed by atoms with Gasteiger partial charge in [0.25, 0.3) is 0 Å². The molecule has 0 unspecified atom stereocenters. The molecule has 21 heavy (non-hydrogen) atoms. The summed E-state index contributed by atoms with van der Waals surface area (Å²) in [7, 11) is 0. The van der Waals surface area contributed by atoms with Crippen molar-refractivity contribution in [2.75, 3.05) is 6.61 Å². The van der Waals surface area contributed by atoms with Gasteiger partial charge in [-0.05, 0) is 25.5 Å². The molecule has 5 nitrogen and oxygen atoms in total. The highest BCUT2D eigenvalue weighted by Gasteiger charge is 2.41. The summed E-state index contributed by atoms with van der Waals surface area (Å²) in [6.07, 6.45) is -2.51. The largest absolute Gasteiger partial charge is 0.462 e. The molecule has 2 aromatic heterocycles. The van der Waals surface area contributed by atoms with Crippen molar-refractivity contribution in [3.05, 3.63) is 41.3 Å². The van der Waals surface area contributed by atoms with E-state index in [2.05, 4.69) is 14.8 Å². The first-order valence-corrected chi connectivity index (χ1v) is 6.10. The van der Waals surface area contributed by atoms with Crippen molar-refractivity contribution in [1.29, 1.82) is 0 Å². The molecule has 0 saturated carbocycles. The summed E-state index contributed by atoms with van der Waals surface area (Å²) in [6.45, 7) is 3.25. The lowest BCUT2D eigenvalue weighted by atomic mass is 10.2. The van der Waals surface area contributed by atoms with Gasteiger partial charge in [-0.2, -0.15) is 18.3 Å². The van der Waals surface area contributed by atoms with Crippen LogP contribution in [0.2, 0.25) is 0 Å². The number of esters is 1. The monoisotopic (exact) mass is 299 g/mol. The summed E-state index contributed by atoms with van der Waals surface area (Å²) in [6, 6.07) is 3.00. The van der Waals surface area contributed by atoms with Crippen LogP contribution in [0.15, 0.2) is 24.5 Å². The number of aromatic nitrogens is 3. The van der Waals surface area contributed by atoms with E-state index in [1.165, 1.54) is 19.2 Å². The molecule has 0 aromatic carbocycles. The van der Waals surface area contributed by atoms with Gasteiger partial charge >= 0.3 is 12.1 Å². The standard InChI is InChI=1S/C13H12F3N3O2/c1-3-21-12(20)9-7-18-19(11(9)13(14,15)16)10-5-4-8(2)6-17-10/h4-7H,3H2,1-2H3. The Bertz CT molecular complexity index is 648. The van der Waals surface area contributed by atoms with Gasteiger partial charge < -0.3 is 4.74 Å². The number of aryl methyl sites for hydroxylation is 1. The van der Waals surface area contributed by atoms with Crippen LogP contribution in [-0.4, -0.2) is 27.3 Å². The normalized spacial score (nSPS) is 11.5. The fourth-order valence-corrected chi connectivity index (χ4v) is 1.74. The number of hydrogen-bond acceptors (Lipinski definition) is 4. The molecule has 2 aromatic rings. The lowest BCUT2D eigenvalue weighted by Crippen LogP contribution is -2.19. The molecule has 2 heterocycles. The number of rotatable bonds is 3. The second-order valence-electron chi connectivity index (χ2n) is 4.23. The molecule has 112 valence electrons. The topological polar surface area (TPSA) is 57.0 Å². The molecule has 0 bridgehead atoms. The Morgan fingerprint density at radius 3 is 2.57 bits per heavy atom. The Morgan fingerprint density at radius 2 is 2.05 bits per heavy atom. The molecule has 2 rings (SSSR count). The summed E-state index contributed by atoms with van der Waals surface area (Å²) in [5, 5.41) is 3.62. The Balaban J connectivity index is 2.57. The number of carbonyl (C=O) groups is 1. The molecule has 0 aliphatic rings. The molecule has 0 aliphatic carbocycles. The average molecular weight is 299 g/mol. The number of ether oxygens (including phenoxy) is 1. The van der Waals surface area contributed by atoms with E-state index in [-0.39, 0.29) is 12.4 Å². The van der Waals surface area contributed by atoms with E-state index >= 15 is 0 Å².